The largest absolute Gasteiger partial charge is 0.376 e. The Labute approximate surface area is 91.5 Å². The van der Waals surface area contributed by atoms with Gasteiger partial charge in [0.05, 0.1) is 12.1 Å². The molecule has 1 rings (SSSR count). The predicted octanol–water partition coefficient (Wildman–Crippen LogP) is 0.653. The van der Waals surface area contributed by atoms with Crippen LogP contribution < -0.4 is 11.1 Å². The first-order chi connectivity index (χ1) is 7.02. The highest BCUT2D eigenvalue weighted by molar-refractivity contribution is 5.79. The van der Waals surface area contributed by atoms with E-state index in [1.807, 2.05) is 20.8 Å². The van der Waals surface area contributed by atoms with E-state index in [2.05, 4.69) is 5.32 Å². The molecule has 0 aromatic heterocycles. The van der Waals surface area contributed by atoms with E-state index in [4.69, 9.17) is 10.5 Å². The van der Waals surface area contributed by atoms with Gasteiger partial charge in [-0.2, -0.15) is 0 Å². The molecule has 4 heteroatoms. The van der Waals surface area contributed by atoms with Crippen LogP contribution in [0.1, 0.15) is 33.6 Å². The Morgan fingerprint density at radius 3 is 2.60 bits per heavy atom. The summed E-state index contributed by atoms with van der Waals surface area (Å²) in [6.45, 7) is 6.50. The first kappa shape index (κ1) is 12.5. The van der Waals surface area contributed by atoms with Crippen molar-refractivity contribution in [2.45, 2.75) is 51.8 Å². The molecule has 88 valence electrons. The smallest absolute Gasteiger partial charge is 0.224 e. The van der Waals surface area contributed by atoms with Crippen LogP contribution in [0.15, 0.2) is 0 Å². The molecule has 4 unspecified atom stereocenters. The Balaban J connectivity index is 2.36. The molecule has 1 aliphatic rings. The van der Waals surface area contributed by atoms with Crippen LogP contribution in [0.4, 0.5) is 0 Å². The molecular weight excluding hydrogens is 192 g/mol. The molecule has 0 aromatic rings. The third-order valence-electron chi connectivity index (χ3n) is 3.09. The lowest BCUT2D eigenvalue weighted by atomic mass is 10.0. The topological polar surface area (TPSA) is 64.4 Å². The summed E-state index contributed by atoms with van der Waals surface area (Å²) in [6.07, 6.45) is 2.30. The summed E-state index contributed by atoms with van der Waals surface area (Å²) in [7, 11) is 0. The van der Waals surface area contributed by atoms with E-state index >= 15 is 0 Å². The minimum Gasteiger partial charge on any atom is -0.376 e. The number of hydrogen-bond acceptors (Lipinski definition) is 3. The van der Waals surface area contributed by atoms with Crippen molar-refractivity contribution < 1.29 is 9.53 Å². The molecule has 4 atom stereocenters. The minimum absolute atomic E-state index is 0.0213. The summed E-state index contributed by atoms with van der Waals surface area (Å²) in [6, 6.07) is -0.0251. The first-order valence-corrected chi connectivity index (χ1v) is 5.70. The van der Waals surface area contributed by atoms with Gasteiger partial charge in [-0.15, -0.1) is 0 Å². The SMILES string of the molecule is CC(N)C(C)C(=O)NC(C)C1CCCO1. The predicted molar refractivity (Wildman–Crippen MR) is 59.4 cm³/mol. The summed E-state index contributed by atoms with van der Waals surface area (Å²) in [4.78, 5) is 11.7. The van der Waals surface area contributed by atoms with Gasteiger partial charge < -0.3 is 15.8 Å². The lowest BCUT2D eigenvalue weighted by Gasteiger charge is -2.23. The Kier molecular flexibility index (Phi) is 4.54. The summed E-state index contributed by atoms with van der Waals surface area (Å²) >= 11 is 0. The minimum atomic E-state index is -0.145. The molecule has 1 amide bonds. The van der Waals surface area contributed by atoms with Gasteiger partial charge in [0.1, 0.15) is 0 Å². The average Bonchev–Trinajstić information content (AvgIpc) is 2.68. The van der Waals surface area contributed by atoms with Gasteiger partial charge in [0, 0.05) is 18.6 Å². The third-order valence-corrected chi connectivity index (χ3v) is 3.09. The van der Waals surface area contributed by atoms with Gasteiger partial charge in [-0.05, 0) is 26.7 Å². The monoisotopic (exact) mass is 214 g/mol. The van der Waals surface area contributed by atoms with Crippen molar-refractivity contribution in [2.75, 3.05) is 6.61 Å². The van der Waals surface area contributed by atoms with E-state index < -0.39 is 0 Å². The van der Waals surface area contributed by atoms with Crippen molar-refractivity contribution in [3.8, 4) is 0 Å². The molecule has 1 heterocycles. The van der Waals surface area contributed by atoms with Crippen molar-refractivity contribution in [3.05, 3.63) is 0 Å². The molecule has 1 saturated heterocycles. The fraction of sp³-hybridized carbons (Fsp3) is 0.909. The van der Waals surface area contributed by atoms with Gasteiger partial charge in [0.15, 0.2) is 0 Å². The van der Waals surface area contributed by atoms with Crippen molar-refractivity contribution in [1.82, 2.24) is 5.32 Å². The molecular formula is C11H22N2O2. The maximum Gasteiger partial charge on any atom is 0.224 e. The number of nitrogens with two attached hydrogens (primary N) is 1. The average molecular weight is 214 g/mol. The Bertz CT molecular complexity index is 213. The highest BCUT2D eigenvalue weighted by atomic mass is 16.5. The van der Waals surface area contributed by atoms with E-state index in [1.165, 1.54) is 0 Å². The Morgan fingerprint density at radius 1 is 1.47 bits per heavy atom. The van der Waals surface area contributed by atoms with E-state index in [0.717, 1.165) is 19.4 Å². The zero-order valence-corrected chi connectivity index (χ0v) is 9.82. The lowest BCUT2D eigenvalue weighted by molar-refractivity contribution is -0.126. The molecule has 1 aliphatic heterocycles. The molecule has 3 N–H and O–H groups in total. The molecule has 0 bridgehead atoms. The van der Waals surface area contributed by atoms with Crippen LogP contribution in [0.3, 0.4) is 0 Å². The van der Waals surface area contributed by atoms with Crippen molar-refractivity contribution in [2.24, 2.45) is 11.7 Å². The van der Waals surface area contributed by atoms with Crippen LogP contribution in [0.25, 0.3) is 0 Å². The van der Waals surface area contributed by atoms with Crippen LogP contribution in [0.2, 0.25) is 0 Å². The summed E-state index contributed by atoms with van der Waals surface area (Å²) in [5.41, 5.74) is 5.67. The second-order valence-corrected chi connectivity index (χ2v) is 4.50. The summed E-state index contributed by atoms with van der Waals surface area (Å²) in [5, 5.41) is 2.96. The van der Waals surface area contributed by atoms with E-state index in [0.29, 0.717) is 0 Å². The Morgan fingerprint density at radius 2 is 2.13 bits per heavy atom. The molecule has 0 aromatic carbocycles. The van der Waals surface area contributed by atoms with E-state index in [-0.39, 0.29) is 30.0 Å². The summed E-state index contributed by atoms with van der Waals surface area (Å²) in [5.74, 6) is -0.123. The number of hydrogen-bond donors (Lipinski definition) is 2. The second kappa shape index (κ2) is 5.47. The molecule has 0 radical (unpaired) electrons. The van der Waals surface area contributed by atoms with Gasteiger partial charge in [0.25, 0.3) is 0 Å². The van der Waals surface area contributed by atoms with Crippen LogP contribution >= 0.6 is 0 Å². The quantitative estimate of drug-likeness (QED) is 0.722. The molecule has 0 aliphatic carbocycles. The number of carbonyl (C=O) groups is 1. The molecule has 0 saturated carbocycles. The zero-order chi connectivity index (χ0) is 11.4. The Hall–Kier alpha value is -0.610. The number of amides is 1. The molecule has 4 nitrogen and oxygen atoms in total. The van der Waals surface area contributed by atoms with Gasteiger partial charge in [-0.3, -0.25) is 4.79 Å². The fourth-order valence-electron chi connectivity index (χ4n) is 1.68. The molecule has 0 spiro atoms. The fourth-order valence-corrected chi connectivity index (χ4v) is 1.68. The standard InChI is InChI=1S/C11H22N2O2/c1-7(8(2)12)11(14)13-9(3)10-5-4-6-15-10/h7-10H,4-6,12H2,1-3H3,(H,13,14). The number of carbonyl (C=O) groups excluding carboxylic acids is 1. The lowest BCUT2D eigenvalue weighted by Crippen LogP contribution is -2.46. The van der Waals surface area contributed by atoms with Gasteiger partial charge in [-0.1, -0.05) is 6.92 Å². The van der Waals surface area contributed by atoms with Crippen LogP contribution in [-0.2, 0) is 9.53 Å². The highest BCUT2D eigenvalue weighted by Gasteiger charge is 2.26. The maximum atomic E-state index is 11.7. The van der Waals surface area contributed by atoms with Crippen molar-refractivity contribution in [1.29, 1.82) is 0 Å². The maximum absolute atomic E-state index is 11.7. The van der Waals surface area contributed by atoms with Crippen LogP contribution in [0.5, 0.6) is 0 Å². The van der Waals surface area contributed by atoms with Gasteiger partial charge in [0.2, 0.25) is 5.91 Å². The number of ether oxygens (including phenoxy) is 1. The highest BCUT2D eigenvalue weighted by Crippen LogP contribution is 2.15. The second-order valence-electron chi connectivity index (χ2n) is 4.50. The van der Waals surface area contributed by atoms with Crippen molar-refractivity contribution in [3.63, 3.8) is 0 Å². The number of nitrogens with one attached hydrogen (secondary N) is 1. The van der Waals surface area contributed by atoms with E-state index in [9.17, 15) is 4.79 Å². The number of rotatable bonds is 4. The van der Waals surface area contributed by atoms with Crippen LogP contribution in [0, 0.1) is 5.92 Å². The molecule has 15 heavy (non-hydrogen) atoms. The zero-order valence-electron chi connectivity index (χ0n) is 9.82. The molecule has 1 fully saturated rings. The third kappa shape index (κ3) is 3.47. The van der Waals surface area contributed by atoms with Crippen LogP contribution in [-0.4, -0.2) is 30.7 Å². The van der Waals surface area contributed by atoms with Gasteiger partial charge >= 0.3 is 0 Å². The summed E-state index contributed by atoms with van der Waals surface area (Å²) < 4.78 is 5.51. The van der Waals surface area contributed by atoms with Gasteiger partial charge in [-0.25, -0.2) is 0 Å². The van der Waals surface area contributed by atoms with E-state index in [1.54, 1.807) is 0 Å². The first-order valence-electron chi connectivity index (χ1n) is 5.70. The van der Waals surface area contributed by atoms with Crippen molar-refractivity contribution >= 4 is 5.91 Å². The normalized spacial score (nSPS) is 27.1.